The lowest BCUT2D eigenvalue weighted by Crippen LogP contribution is -2.41. The van der Waals surface area contributed by atoms with Crippen LogP contribution in [0.2, 0.25) is 0 Å². The summed E-state index contributed by atoms with van der Waals surface area (Å²) >= 11 is 1.54. The third kappa shape index (κ3) is 3.79. The Morgan fingerprint density at radius 3 is 2.91 bits per heavy atom. The number of anilines is 1. The van der Waals surface area contributed by atoms with Gasteiger partial charge >= 0.3 is 0 Å². The zero-order valence-corrected chi connectivity index (χ0v) is 13.7. The van der Waals surface area contributed by atoms with E-state index in [1.807, 2.05) is 0 Å². The van der Waals surface area contributed by atoms with E-state index in [9.17, 15) is 9.59 Å². The summed E-state index contributed by atoms with van der Waals surface area (Å²) in [4.78, 5) is 29.9. The normalized spacial score (nSPS) is 15.3. The molecule has 2 heterocycles. The Balaban J connectivity index is 1.59. The first-order valence-corrected chi connectivity index (χ1v) is 8.59. The van der Waals surface area contributed by atoms with Crippen LogP contribution in [0.3, 0.4) is 0 Å². The molecule has 0 saturated heterocycles. The summed E-state index contributed by atoms with van der Waals surface area (Å²) in [6.07, 6.45) is 7.00. The van der Waals surface area contributed by atoms with Gasteiger partial charge in [0.15, 0.2) is 10.9 Å². The number of nitrogens with one attached hydrogen (secondary N) is 2. The van der Waals surface area contributed by atoms with Crippen LogP contribution in [0.15, 0.2) is 22.8 Å². The van der Waals surface area contributed by atoms with E-state index in [1.54, 1.807) is 19.1 Å². The van der Waals surface area contributed by atoms with Crippen LogP contribution in [0, 0.1) is 0 Å². The molecule has 1 aliphatic carbocycles. The van der Waals surface area contributed by atoms with Gasteiger partial charge in [-0.15, -0.1) is 11.3 Å². The maximum absolute atomic E-state index is 12.2. The molecule has 1 aliphatic rings. The summed E-state index contributed by atoms with van der Waals surface area (Å²) < 4.78 is 5.01. The van der Waals surface area contributed by atoms with Crippen molar-refractivity contribution in [3.05, 3.63) is 34.7 Å². The van der Waals surface area contributed by atoms with E-state index in [2.05, 4.69) is 15.6 Å². The van der Waals surface area contributed by atoms with Gasteiger partial charge in [-0.1, -0.05) is 6.42 Å². The highest BCUT2D eigenvalue weighted by atomic mass is 32.1. The SMILES string of the molecule is C[C@H](NC(=O)c1ccco1)C(=O)Nc1nc2c(s1)CCCCC2. The van der Waals surface area contributed by atoms with Crippen LogP contribution in [0.1, 0.15) is 47.3 Å². The molecule has 7 heteroatoms. The van der Waals surface area contributed by atoms with Crippen molar-refractivity contribution in [2.24, 2.45) is 0 Å². The smallest absolute Gasteiger partial charge is 0.287 e. The molecule has 0 aliphatic heterocycles. The summed E-state index contributed by atoms with van der Waals surface area (Å²) in [5.41, 5.74) is 1.11. The van der Waals surface area contributed by atoms with Crippen molar-refractivity contribution in [3.63, 3.8) is 0 Å². The molecular weight excluding hydrogens is 314 g/mol. The molecule has 0 aromatic carbocycles. The van der Waals surface area contributed by atoms with Gasteiger partial charge in [0, 0.05) is 4.88 Å². The second-order valence-electron chi connectivity index (χ2n) is 5.61. The molecule has 2 aromatic heterocycles. The molecule has 2 amide bonds. The molecule has 23 heavy (non-hydrogen) atoms. The van der Waals surface area contributed by atoms with Gasteiger partial charge < -0.3 is 15.1 Å². The summed E-state index contributed by atoms with van der Waals surface area (Å²) in [7, 11) is 0. The van der Waals surface area contributed by atoms with Crippen LogP contribution in [0.5, 0.6) is 0 Å². The molecule has 0 unspecified atom stereocenters. The number of aromatic nitrogens is 1. The minimum absolute atomic E-state index is 0.186. The molecule has 2 N–H and O–H groups in total. The number of hydrogen-bond donors (Lipinski definition) is 2. The molecule has 0 radical (unpaired) electrons. The van der Waals surface area contributed by atoms with E-state index in [4.69, 9.17) is 4.42 Å². The Bertz CT molecular complexity index is 670. The Labute approximate surface area is 138 Å². The Morgan fingerprint density at radius 1 is 1.30 bits per heavy atom. The van der Waals surface area contributed by atoms with E-state index >= 15 is 0 Å². The quantitative estimate of drug-likeness (QED) is 0.843. The number of hydrogen-bond acceptors (Lipinski definition) is 5. The number of carbonyl (C=O) groups is 2. The predicted octanol–water partition coefficient (Wildman–Crippen LogP) is 2.76. The fourth-order valence-corrected chi connectivity index (χ4v) is 3.59. The molecule has 0 bridgehead atoms. The first-order chi connectivity index (χ1) is 11.1. The van der Waals surface area contributed by atoms with E-state index in [1.165, 1.54) is 35.3 Å². The van der Waals surface area contributed by atoms with Gasteiger partial charge in [-0.3, -0.25) is 9.59 Å². The van der Waals surface area contributed by atoms with Gasteiger partial charge in [0.1, 0.15) is 6.04 Å². The van der Waals surface area contributed by atoms with Crippen molar-refractivity contribution >= 4 is 28.3 Å². The summed E-state index contributed by atoms with van der Waals surface area (Å²) in [5.74, 6) is -0.507. The van der Waals surface area contributed by atoms with Gasteiger partial charge in [0.25, 0.3) is 5.91 Å². The third-order valence-electron chi connectivity index (χ3n) is 3.81. The number of carbonyl (C=O) groups excluding carboxylic acids is 2. The van der Waals surface area contributed by atoms with Gasteiger partial charge in [-0.25, -0.2) is 4.98 Å². The number of amides is 2. The molecule has 2 aromatic rings. The molecule has 122 valence electrons. The summed E-state index contributed by atoms with van der Waals surface area (Å²) in [6.45, 7) is 1.63. The lowest BCUT2D eigenvalue weighted by molar-refractivity contribution is -0.117. The molecule has 1 atom stereocenters. The van der Waals surface area contributed by atoms with E-state index in [0.717, 1.165) is 25.0 Å². The summed E-state index contributed by atoms with van der Waals surface area (Å²) in [6, 6.07) is 2.51. The fraction of sp³-hybridized carbons (Fsp3) is 0.438. The minimum Gasteiger partial charge on any atom is -0.459 e. The zero-order chi connectivity index (χ0) is 16.2. The first kappa shape index (κ1) is 15.7. The largest absolute Gasteiger partial charge is 0.459 e. The van der Waals surface area contributed by atoms with Crippen molar-refractivity contribution in [2.45, 2.75) is 45.1 Å². The van der Waals surface area contributed by atoms with Crippen LogP contribution >= 0.6 is 11.3 Å². The number of fused-ring (bicyclic) bond motifs is 1. The lowest BCUT2D eigenvalue weighted by Gasteiger charge is -2.11. The molecule has 0 fully saturated rings. The van der Waals surface area contributed by atoms with Crippen molar-refractivity contribution in [3.8, 4) is 0 Å². The van der Waals surface area contributed by atoms with Crippen molar-refractivity contribution < 1.29 is 14.0 Å². The van der Waals surface area contributed by atoms with E-state index < -0.39 is 11.9 Å². The lowest BCUT2D eigenvalue weighted by atomic mass is 10.2. The summed E-state index contributed by atoms with van der Waals surface area (Å²) in [5, 5.41) is 6.01. The maximum atomic E-state index is 12.2. The molecule has 6 nitrogen and oxygen atoms in total. The van der Waals surface area contributed by atoms with Crippen LogP contribution < -0.4 is 10.6 Å². The fourth-order valence-electron chi connectivity index (χ4n) is 2.54. The van der Waals surface area contributed by atoms with Crippen LogP contribution in [-0.4, -0.2) is 22.8 Å². The van der Waals surface area contributed by atoms with Gasteiger partial charge in [0.2, 0.25) is 5.91 Å². The standard InChI is InChI=1S/C16H19N3O3S/c1-10(17-15(21)12-7-5-9-22-12)14(20)19-16-18-11-6-3-2-4-8-13(11)23-16/h5,7,9-10H,2-4,6,8H2,1H3,(H,17,21)(H,18,19,20)/t10-/m0/s1. The number of rotatable bonds is 4. The molecule has 0 saturated carbocycles. The predicted molar refractivity (Wildman–Crippen MR) is 87.6 cm³/mol. The first-order valence-electron chi connectivity index (χ1n) is 7.77. The van der Waals surface area contributed by atoms with Gasteiger partial charge in [-0.2, -0.15) is 0 Å². The molecule has 3 rings (SSSR count). The van der Waals surface area contributed by atoms with Crippen LogP contribution in [-0.2, 0) is 17.6 Å². The second kappa shape index (κ2) is 6.95. The Kier molecular flexibility index (Phi) is 4.76. The Hall–Kier alpha value is -2.15. The Morgan fingerprint density at radius 2 is 2.13 bits per heavy atom. The number of thiazole rings is 1. The van der Waals surface area contributed by atoms with Crippen molar-refractivity contribution in [1.29, 1.82) is 0 Å². The van der Waals surface area contributed by atoms with E-state index in [0.29, 0.717) is 5.13 Å². The number of furan rings is 1. The maximum Gasteiger partial charge on any atom is 0.287 e. The number of nitrogens with zero attached hydrogens (tertiary/aromatic N) is 1. The van der Waals surface area contributed by atoms with Crippen molar-refractivity contribution in [1.82, 2.24) is 10.3 Å². The average Bonchev–Trinajstić information content (AvgIpc) is 3.13. The average molecular weight is 333 g/mol. The zero-order valence-electron chi connectivity index (χ0n) is 12.9. The highest BCUT2D eigenvalue weighted by molar-refractivity contribution is 7.15. The van der Waals surface area contributed by atoms with Gasteiger partial charge in [-0.05, 0) is 44.7 Å². The second-order valence-corrected chi connectivity index (χ2v) is 6.69. The van der Waals surface area contributed by atoms with E-state index in [-0.39, 0.29) is 11.7 Å². The van der Waals surface area contributed by atoms with Gasteiger partial charge in [0.05, 0.1) is 12.0 Å². The third-order valence-corrected chi connectivity index (χ3v) is 4.88. The highest BCUT2D eigenvalue weighted by Gasteiger charge is 2.20. The van der Waals surface area contributed by atoms with Crippen molar-refractivity contribution in [2.75, 3.05) is 5.32 Å². The topological polar surface area (TPSA) is 84.2 Å². The molecule has 0 spiro atoms. The monoisotopic (exact) mass is 333 g/mol. The van der Waals surface area contributed by atoms with Crippen LogP contribution in [0.4, 0.5) is 5.13 Å². The molecular formula is C16H19N3O3S. The number of aryl methyl sites for hydroxylation is 2. The highest BCUT2D eigenvalue weighted by Crippen LogP contribution is 2.28. The minimum atomic E-state index is -0.670. The van der Waals surface area contributed by atoms with Crippen LogP contribution in [0.25, 0.3) is 0 Å².